The van der Waals surface area contributed by atoms with Gasteiger partial charge in [0.05, 0.1) is 30.9 Å². The van der Waals surface area contributed by atoms with Gasteiger partial charge in [0, 0.05) is 31.8 Å². The molecule has 0 saturated heterocycles. The first kappa shape index (κ1) is 21.2. The van der Waals surface area contributed by atoms with Gasteiger partial charge in [-0.3, -0.25) is 0 Å². The van der Waals surface area contributed by atoms with Gasteiger partial charge >= 0.3 is 0 Å². The predicted molar refractivity (Wildman–Crippen MR) is 108 cm³/mol. The van der Waals surface area contributed by atoms with E-state index in [9.17, 15) is 19.0 Å². The van der Waals surface area contributed by atoms with Gasteiger partial charge in [-0.1, -0.05) is 6.07 Å². The van der Waals surface area contributed by atoms with E-state index >= 15 is 0 Å². The zero-order valence-corrected chi connectivity index (χ0v) is 16.4. The van der Waals surface area contributed by atoms with Crippen LogP contribution in [0, 0.1) is 11.6 Å². The molecule has 0 saturated carbocycles. The number of aliphatic hydroxyl groups excluding tert-OH is 2. The summed E-state index contributed by atoms with van der Waals surface area (Å²) in [7, 11) is 0. The average molecular weight is 404 g/mol. The van der Waals surface area contributed by atoms with Crippen LogP contribution in [0.15, 0.2) is 48.7 Å². The van der Waals surface area contributed by atoms with Crippen LogP contribution in [0.1, 0.15) is 12.5 Å². The van der Waals surface area contributed by atoms with Crippen molar-refractivity contribution < 1.29 is 23.7 Å². The van der Waals surface area contributed by atoms with Crippen LogP contribution in [0.3, 0.4) is 0 Å². The van der Waals surface area contributed by atoms with Gasteiger partial charge in [0.15, 0.2) is 11.6 Å². The normalized spacial score (nSPS) is 11.9. The Hall–Kier alpha value is -2.48. The Balaban J connectivity index is 1.60. The molecule has 29 heavy (non-hydrogen) atoms. The van der Waals surface area contributed by atoms with Crippen LogP contribution in [0.4, 0.5) is 8.78 Å². The highest BCUT2D eigenvalue weighted by molar-refractivity contribution is 5.81. The molecule has 3 aromatic rings. The maximum Gasteiger partial charge on any atom is 0.159 e. The lowest BCUT2D eigenvalue weighted by molar-refractivity contribution is 0.104. The SMILES string of the molecule is CC(CO)(CO)NCCn1ccc2ccc(OCCc3ccc(F)c(F)c3)cc21. The minimum absolute atomic E-state index is 0.147. The Bertz CT molecular complexity index is 954. The molecule has 156 valence electrons. The Kier molecular flexibility index (Phi) is 6.84. The molecular weight excluding hydrogens is 378 g/mol. The smallest absolute Gasteiger partial charge is 0.159 e. The van der Waals surface area contributed by atoms with Crippen molar-refractivity contribution in [3.63, 3.8) is 0 Å². The molecule has 0 aliphatic heterocycles. The molecule has 3 rings (SSSR count). The van der Waals surface area contributed by atoms with E-state index in [4.69, 9.17) is 4.74 Å². The summed E-state index contributed by atoms with van der Waals surface area (Å²) in [6, 6.07) is 11.7. The second-order valence-corrected chi connectivity index (χ2v) is 7.38. The molecular formula is C22H26F2N2O3. The van der Waals surface area contributed by atoms with Crippen molar-refractivity contribution >= 4 is 10.9 Å². The maximum absolute atomic E-state index is 13.3. The molecule has 0 fully saturated rings. The summed E-state index contributed by atoms with van der Waals surface area (Å²) in [5, 5.41) is 23.0. The first-order valence-corrected chi connectivity index (χ1v) is 9.56. The lowest BCUT2D eigenvalue weighted by atomic mass is 10.1. The Morgan fingerprint density at radius 1 is 1.03 bits per heavy atom. The number of hydrogen-bond donors (Lipinski definition) is 3. The first-order chi connectivity index (χ1) is 13.9. The summed E-state index contributed by atoms with van der Waals surface area (Å²) in [5.41, 5.74) is 0.971. The van der Waals surface area contributed by atoms with Crippen LogP contribution >= 0.6 is 0 Å². The third kappa shape index (κ3) is 5.32. The summed E-state index contributed by atoms with van der Waals surface area (Å²) in [6.07, 6.45) is 2.45. The summed E-state index contributed by atoms with van der Waals surface area (Å²) in [4.78, 5) is 0. The summed E-state index contributed by atoms with van der Waals surface area (Å²) in [6.45, 7) is 3.07. The van der Waals surface area contributed by atoms with Crippen molar-refractivity contribution in [3.05, 3.63) is 65.9 Å². The molecule has 0 radical (unpaired) electrons. The van der Waals surface area contributed by atoms with Gasteiger partial charge in [-0.2, -0.15) is 0 Å². The third-order valence-electron chi connectivity index (χ3n) is 4.99. The molecule has 1 aromatic heterocycles. The Morgan fingerprint density at radius 2 is 1.83 bits per heavy atom. The van der Waals surface area contributed by atoms with E-state index in [1.54, 1.807) is 13.0 Å². The second kappa shape index (κ2) is 9.35. The molecule has 2 aromatic carbocycles. The fourth-order valence-corrected chi connectivity index (χ4v) is 3.07. The molecule has 0 unspecified atom stereocenters. The topological polar surface area (TPSA) is 66.7 Å². The monoisotopic (exact) mass is 404 g/mol. The molecule has 0 atom stereocenters. The fraction of sp³-hybridized carbons (Fsp3) is 0.364. The van der Waals surface area contributed by atoms with E-state index in [0.717, 1.165) is 17.0 Å². The number of hydrogen-bond acceptors (Lipinski definition) is 4. The van der Waals surface area contributed by atoms with Crippen molar-refractivity contribution in [3.8, 4) is 5.75 Å². The molecule has 7 heteroatoms. The zero-order chi connectivity index (χ0) is 20.9. The van der Waals surface area contributed by atoms with Crippen LogP contribution < -0.4 is 10.1 Å². The molecule has 0 aliphatic rings. The predicted octanol–water partition coefficient (Wildman–Crippen LogP) is 2.87. The molecule has 0 spiro atoms. The van der Waals surface area contributed by atoms with Crippen LogP contribution in [0.25, 0.3) is 10.9 Å². The molecule has 0 amide bonds. The van der Waals surface area contributed by atoms with Gasteiger partial charge in [-0.05, 0) is 48.2 Å². The number of ether oxygens (including phenoxy) is 1. The second-order valence-electron chi connectivity index (χ2n) is 7.38. The third-order valence-corrected chi connectivity index (χ3v) is 4.99. The van der Waals surface area contributed by atoms with E-state index in [1.165, 1.54) is 6.07 Å². The van der Waals surface area contributed by atoms with E-state index in [1.807, 2.05) is 30.5 Å². The van der Waals surface area contributed by atoms with E-state index in [2.05, 4.69) is 9.88 Å². The number of benzene rings is 2. The van der Waals surface area contributed by atoms with Crippen LogP contribution in [0.2, 0.25) is 0 Å². The van der Waals surface area contributed by atoms with Crippen molar-refractivity contribution in [2.24, 2.45) is 0 Å². The van der Waals surface area contributed by atoms with Crippen molar-refractivity contribution in [1.29, 1.82) is 0 Å². The number of nitrogens with one attached hydrogen (secondary N) is 1. The number of rotatable bonds is 10. The molecule has 1 heterocycles. The standard InChI is InChI=1S/C22H26F2N2O3/c1-22(14-27,15-28)25-8-10-26-9-6-17-3-4-18(13-21(17)26)29-11-7-16-2-5-19(23)20(24)12-16/h2-6,9,12-13,25,27-28H,7-8,10-11,14-15H2,1H3. The van der Waals surface area contributed by atoms with Crippen molar-refractivity contribution in [2.75, 3.05) is 26.4 Å². The van der Waals surface area contributed by atoms with Crippen LogP contribution in [-0.4, -0.2) is 46.7 Å². The lowest BCUT2D eigenvalue weighted by Crippen LogP contribution is -2.49. The zero-order valence-electron chi connectivity index (χ0n) is 16.4. The summed E-state index contributed by atoms with van der Waals surface area (Å²) < 4.78 is 34.1. The molecule has 0 aliphatic carbocycles. The lowest BCUT2D eigenvalue weighted by Gasteiger charge is -2.26. The minimum Gasteiger partial charge on any atom is -0.493 e. The van der Waals surface area contributed by atoms with E-state index in [0.29, 0.717) is 37.4 Å². The highest BCUT2D eigenvalue weighted by Crippen LogP contribution is 2.22. The number of halogens is 2. The number of aromatic nitrogens is 1. The van der Waals surface area contributed by atoms with E-state index < -0.39 is 17.2 Å². The fourth-order valence-electron chi connectivity index (χ4n) is 3.07. The van der Waals surface area contributed by atoms with Gasteiger partial charge in [-0.15, -0.1) is 0 Å². The van der Waals surface area contributed by atoms with Gasteiger partial charge in [0.2, 0.25) is 0 Å². The van der Waals surface area contributed by atoms with Gasteiger partial charge in [0.25, 0.3) is 0 Å². The van der Waals surface area contributed by atoms with Gasteiger partial charge in [-0.25, -0.2) is 8.78 Å². The number of aliphatic hydroxyl groups is 2. The van der Waals surface area contributed by atoms with Crippen molar-refractivity contribution in [2.45, 2.75) is 25.4 Å². The van der Waals surface area contributed by atoms with Crippen molar-refractivity contribution in [1.82, 2.24) is 9.88 Å². The minimum atomic E-state index is -0.853. The molecule has 0 bridgehead atoms. The van der Waals surface area contributed by atoms with Gasteiger partial charge < -0.3 is 24.8 Å². The number of fused-ring (bicyclic) bond motifs is 1. The highest BCUT2D eigenvalue weighted by Gasteiger charge is 2.20. The molecule has 3 N–H and O–H groups in total. The number of nitrogens with zero attached hydrogens (tertiary/aromatic N) is 1. The van der Waals surface area contributed by atoms with Gasteiger partial charge in [0.1, 0.15) is 5.75 Å². The molecule has 5 nitrogen and oxygen atoms in total. The van der Waals surface area contributed by atoms with Crippen LogP contribution in [0.5, 0.6) is 5.75 Å². The largest absolute Gasteiger partial charge is 0.493 e. The first-order valence-electron chi connectivity index (χ1n) is 9.56. The Labute approximate surface area is 168 Å². The maximum atomic E-state index is 13.3. The highest BCUT2D eigenvalue weighted by atomic mass is 19.2. The quantitative estimate of drug-likeness (QED) is 0.486. The van der Waals surface area contributed by atoms with Crippen LogP contribution in [-0.2, 0) is 13.0 Å². The Morgan fingerprint density at radius 3 is 2.55 bits per heavy atom. The van der Waals surface area contributed by atoms with E-state index in [-0.39, 0.29) is 13.2 Å². The summed E-state index contributed by atoms with van der Waals surface area (Å²) in [5.74, 6) is -1.01. The average Bonchev–Trinajstić information content (AvgIpc) is 3.13. The summed E-state index contributed by atoms with van der Waals surface area (Å²) >= 11 is 0.